The molecule has 8 nitrogen and oxygen atoms in total. The van der Waals surface area contributed by atoms with Crippen molar-refractivity contribution in [2.24, 2.45) is 0 Å². The number of rotatable bonds is 8. The number of aryl methyl sites for hydroxylation is 2. The van der Waals surface area contributed by atoms with Crippen molar-refractivity contribution >= 4 is 23.3 Å². The maximum Gasteiger partial charge on any atom is 0.269 e. The van der Waals surface area contributed by atoms with E-state index >= 15 is 0 Å². The number of nitrogens with zero attached hydrogens (tertiary/aromatic N) is 3. The fourth-order valence-electron chi connectivity index (χ4n) is 3.69. The first-order valence-electron chi connectivity index (χ1n) is 11.9. The average molecular weight is 495 g/mol. The van der Waals surface area contributed by atoms with Crippen LogP contribution in [-0.4, -0.2) is 21.9 Å². The number of fused-ring (bicyclic) bond motifs is 1. The highest BCUT2D eigenvalue weighted by Gasteiger charge is 2.18. The fourth-order valence-corrected chi connectivity index (χ4v) is 3.69. The fraction of sp³-hybridized carbons (Fsp3) is 0.172. The van der Waals surface area contributed by atoms with Gasteiger partial charge >= 0.3 is 0 Å². The van der Waals surface area contributed by atoms with E-state index in [1.54, 1.807) is 48.7 Å². The number of hydrogen-bond donors (Lipinski definition) is 1. The standard InChI is InChI=1S/C29H26N4O4/c1-4-20-8-12-24(13-9-20)37-28-25(29(35)33-16-6-7-19(3)26(33)32-28)17-21(18-30)27(34)31-22-10-14-23(15-11-22)36-5-2/h6-17H,4-5H2,1-3H3,(H,31,34). The van der Waals surface area contributed by atoms with Gasteiger partial charge in [0.2, 0.25) is 5.88 Å². The third-order valence-corrected chi connectivity index (χ3v) is 5.67. The third kappa shape index (κ3) is 5.68. The van der Waals surface area contributed by atoms with Crippen LogP contribution in [0.3, 0.4) is 0 Å². The number of anilines is 1. The van der Waals surface area contributed by atoms with E-state index in [0.29, 0.717) is 29.4 Å². The summed E-state index contributed by atoms with van der Waals surface area (Å²) in [5.74, 6) is 0.480. The number of nitriles is 1. The molecule has 0 unspecified atom stereocenters. The minimum atomic E-state index is -0.668. The Balaban J connectivity index is 1.75. The van der Waals surface area contributed by atoms with Gasteiger partial charge in [-0.05, 0) is 79.9 Å². The quantitative estimate of drug-likeness (QED) is 0.263. The summed E-state index contributed by atoms with van der Waals surface area (Å²) in [5.41, 5.74) is 2.05. The monoisotopic (exact) mass is 494 g/mol. The number of benzene rings is 2. The van der Waals surface area contributed by atoms with Crippen LogP contribution in [0.5, 0.6) is 17.4 Å². The minimum Gasteiger partial charge on any atom is -0.494 e. The van der Waals surface area contributed by atoms with E-state index in [-0.39, 0.29) is 17.0 Å². The van der Waals surface area contributed by atoms with E-state index in [9.17, 15) is 14.9 Å². The Morgan fingerprint density at radius 2 is 1.78 bits per heavy atom. The minimum absolute atomic E-state index is 0.00478. The average Bonchev–Trinajstić information content (AvgIpc) is 2.91. The summed E-state index contributed by atoms with van der Waals surface area (Å²) in [6, 6.07) is 19.6. The largest absolute Gasteiger partial charge is 0.494 e. The molecule has 2 aromatic heterocycles. The summed E-state index contributed by atoms with van der Waals surface area (Å²) in [5, 5.41) is 12.4. The lowest BCUT2D eigenvalue weighted by molar-refractivity contribution is -0.112. The maximum atomic E-state index is 13.5. The number of carbonyl (C=O) groups excluding carboxylic acids is 1. The summed E-state index contributed by atoms with van der Waals surface area (Å²) in [6.07, 6.45) is 3.67. The molecule has 0 aliphatic carbocycles. The van der Waals surface area contributed by atoms with Crippen LogP contribution in [0.15, 0.2) is 77.2 Å². The summed E-state index contributed by atoms with van der Waals surface area (Å²) in [4.78, 5) is 31.0. The molecule has 0 saturated carbocycles. The lowest BCUT2D eigenvalue weighted by Crippen LogP contribution is -2.20. The van der Waals surface area contributed by atoms with Gasteiger partial charge in [-0.15, -0.1) is 0 Å². The van der Waals surface area contributed by atoms with Gasteiger partial charge in [-0.25, -0.2) is 0 Å². The number of aromatic nitrogens is 2. The summed E-state index contributed by atoms with van der Waals surface area (Å²) >= 11 is 0. The van der Waals surface area contributed by atoms with Crippen LogP contribution in [0.4, 0.5) is 5.69 Å². The molecule has 37 heavy (non-hydrogen) atoms. The van der Waals surface area contributed by atoms with E-state index in [1.807, 2.05) is 38.1 Å². The van der Waals surface area contributed by atoms with Gasteiger partial charge in [-0.2, -0.15) is 10.2 Å². The molecule has 1 amide bonds. The molecule has 0 bridgehead atoms. The lowest BCUT2D eigenvalue weighted by atomic mass is 10.1. The number of hydrogen-bond acceptors (Lipinski definition) is 6. The van der Waals surface area contributed by atoms with Crippen molar-refractivity contribution in [1.82, 2.24) is 9.38 Å². The Morgan fingerprint density at radius 1 is 1.08 bits per heavy atom. The zero-order chi connectivity index (χ0) is 26.4. The second-order valence-corrected chi connectivity index (χ2v) is 8.20. The van der Waals surface area contributed by atoms with E-state index < -0.39 is 11.5 Å². The molecule has 0 saturated heterocycles. The SMILES string of the molecule is CCOc1ccc(NC(=O)C(C#N)=Cc2c(Oc3ccc(CC)cc3)nc3c(C)cccn3c2=O)cc1. The molecule has 0 atom stereocenters. The topological polar surface area (TPSA) is 106 Å². The zero-order valence-electron chi connectivity index (χ0n) is 20.8. The van der Waals surface area contributed by atoms with Gasteiger partial charge in [0.1, 0.15) is 34.4 Å². The second kappa shape index (κ2) is 11.2. The van der Waals surface area contributed by atoms with Gasteiger partial charge in [-0.1, -0.05) is 25.1 Å². The van der Waals surface area contributed by atoms with Gasteiger partial charge in [0, 0.05) is 11.9 Å². The highest BCUT2D eigenvalue weighted by Crippen LogP contribution is 2.25. The predicted octanol–water partition coefficient (Wildman–Crippen LogP) is 5.30. The number of nitrogens with one attached hydrogen (secondary N) is 1. The molecular formula is C29H26N4O4. The van der Waals surface area contributed by atoms with Crippen LogP contribution in [0, 0.1) is 18.3 Å². The van der Waals surface area contributed by atoms with Crippen LogP contribution >= 0.6 is 0 Å². The van der Waals surface area contributed by atoms with Gasteiger partial charge < -0.3 is 14.8 Å². The summed E-state index contributed by atoms with van der Waals surface area (Å²) < 4.78 is 12.8. The zero-order valence-corrected chi connectivity index (χ0v) is 20.8. The van der Waals surface area contributed by atoms with E-state index in [4.69, 9.17) is 9.47 Å². The van der Waals surface area contributed by atoms with Gasteiger partial charge in [0.25, 0.3) is 11.5 Å². The van der Waals surface area contributed by atoms with Gasteiger partial charge in [0.15, 0.2) is 0 Å². The molecule has 0 spiro atoms. The van der Waals surface area contributed by atoms with Crippen molar-refractivity contribution in [2.45, 2.75) is 27.2 Å². The molecular weight excluding hydrogens is 468 g/mol. The van der Waals surface area contributed by atoms with Crippen molar-refractivity contribution in [1.29, 1.82) is 5.26 Å². The molecule has 186 valence electrons. The molecule has 0 aliphatic rings. The molecule has 0 fully saturated rings. The number of carbonyl (C=O) groups is 1. The second-order valence-electron chi connectivity index (χ2n) is 8.20. The maximum absolute atomic E-state index is 13.5. The molecule has 2 aromatic carbocycles. The highest BCUT2D eigenvalue weighted by molar-refractivity contribution is 6.09. The number of ether oxygens (including phenoxy) is 2. The van der Waals surface area contributed by atoms with Crippen LogP contribution in [0.25, 0.3) is 11.7 Å². The van der Waals surface area contributed by atoms with Crippen molar-refractivity contribution in [3.8, 4) is 23.4 Å². The molecule has 4 aromatic rings. The Labute approximate surface area is 214 Å². The van der Waals surface area contributed by atoms with Crippen molar-refractivity contribution < 1.29 is 14.3 Å². The van der Waals surface area contributed by atoms with E-state index in [1.165, 1.54) is 10.5 Å². The van der Waals surface area contributed by atoms with Crippen molar-refractivity contribution in [3.63, 3.8) is 0 Å². The molecule has 0 aliphatic heterocycles. The Hall–Kier alpha value is -4.90. The normalized spacial score (nSPS) is 11.1. The Morgan fingerprint density at radius 3 is 2.43 bits per heavy atom. The van der Waals surface area contributed by atoms with Crippen LogP contribution < -0.4 is 20.3 Å². The Bertz CT molecular complexity index is 1560. The first-order valence-corrected chi connectivity index (χ1v) is 11.9. The van der Waals surface area contributed by atoms with Crippen LogP contribution in [0.1, 0.15) is 30.5 Å². The van der Waals surface area contributed by atoms with Crippen molar-refractivity contribution in [3.05, 3.63) is 99.5 Å². The first kappa shape index (κ1) is 25.2. The molecule has 4 rings (SSSR count). The van der Waals surface area contributed by atoms with E-state index in [2.05, 4.69) is 17.2 Å². The third-order valence-electron chi connectivity index (χ3n) is 5.67. The van der Waals surface area contributed by atoms with Crippen molar-refractivity contribution in [2.75, 3.05) is 11.9 Å². The molecule has 2 heterocycles. The van der Waals surface area contributed by atoms with Gasteiger partial charge in [0.05, 0.1) is 6.61 Å². The number of amides is 1. The summed E-state index contributed by atoms with van der Waals surface area (Å²) in [6.45, 7) is 6.29. The molecule has 1 N–H and O–H groups in total. The molecule has 0 radical (unpaired) electrons. The Kier molecular flexibility index (Phi) is 7.65. The van der Waals surface area contributed by atoms with E-state index in [0.717, 1.165) is 17.5 Å². The summed E-state index contributed by atoms with van der Waals surface area (Å²) in [7, 11) is 0. The number of pyridine rings is 1. The molecule has 8 heteroatoms. The van der Waals surface area contributed by atoms with Gasteiger partial charge in [-0.3, -0.25) is 14.0 Å². The lowest BCUT2D eigenvalue weighted by Gasteiger charge is -2.12. The first-order chi connectivity index (χ1) is 17.9. The smallest absolute Gasteiger partial charge is 0.269 e. The van der Waals surface area contributed by atoms with Crippen LogP contribution in [-0.2, 0) is 11.2 Å². The highest BCUT2D eigenvalue weighted by atomic mass is 16.5. The van der Waals surface area contributed by atoms with Crippen LogP contribution in [0.2, 0.25) is 0 Å². The predicted molar refractivity (Wildman–Crippen MR) is 142 cm³/mol.